The molecule has 1 unspecified atom stereocenters. The summed E-state index contributed by atoms with van der Waals surface area (Å²) in [6.07, 6.45) is 0.662. The molecular weight excluding hydrogens is 601 g/mol. The number of nitrogens with two attached hydrogens (primary N) is 1. The number of fused-ring (bicyclic) bond motifs is 3. The van der Waals surface area contributed by atoms with Gasteiger partial charge >= 0.3 is 12.2 Å². The fourth-order valence-corrected chi connectivity index (χ4v) is 6.63. The van der Waals surface area contributed by atoms with Crippen LogP contribution in [0.5, 0.6) is 0 Å². The third-order valence-electron chi connectivity index (χ3n) is 9.11. The van der Waals surface area contributed by atoms with Crippen molar-refractivity contribution in [2.45, 2.75) is 24.9 Å². The van der Waals surface area contributed by atoms with Crippen LogP contribution in [0.25, 0.3) is 22.3 Å². The number of anilines is 2. The number of rotatable bonds is 8. The van der Waals surface area contributed by atoms with E-state index in [0.717, 1.165) is 5.82 Å². The molecule has 0 saturated carbocycles. The van der Waals surface area contributed by atoms with E-state index in [4.69, 9.17) is 15.2 Å². The van der Waals surface area contributed by atoms with E-state index in [-0.39, 0.29) is 31.6 Å². The monoisotopic (exact) mass is 635 g/mol. The minimum atomic E-state index is -0.587. The van der Waals surface area contributed by atoms with Gasteiger partial charge in [-0.1, -0.05) is 48.5 Å². The lowest BCUT2D eigenvalue weighted by Crippen LogP contribution is -2.49. The molecule has 0 radical (unpaired) electrons. The third-order valence-corrected chi connectivity index (χ3v) is 9.11. The molecule has 11 heteroatoms. The number of nitrogens with zero attached hydrogens (tertiary/aromatic N) is 4. The summed E-state index contributed by atoms with van der Waals surface area (Å²) in [7, 11) is 0. The maximum atomic E-state index is 15.2. The molecule has 3 aliphatic rings. The summed E-state index contributed by atoms with van der Waals surface area (Å²) in [6.45, 7) is 2.68. The van der Waals surface area contributed by atoms with Crippen LogP contribution < -0.4 is 15.5 Å². The number of primary amides is 1. The highest BCUT2D eigenvalue weighted by atomic mass is 19.1. The number of carbonyl (C=O) groups is 3. The first kappa shape index (κ1) is 30.2. The molecule has 0 bridgehead atoms. The number of piperazine rings is 1. The van der Waals surface area contributed by atoms with Crippen LogP contribution >= 0.6 is 0 Å². The number of carbonyl (C=O) groups excluding carboxylic acids is 3. The lowest BCUT2D eigenvalue weighted by atomic mass is 9.98. The first-order valence-electron chi connectivity index (χ1n) is 15.7. The van der Waals surface area contributed by atoms with Crippen molar-refractivity contribution in [3.05, 3.63) is 102 Å². The smallest absolute Gasteiger partial charge is 0.414 e. The minimum absolute atomic E-state index is 0.0139. The summed E-state index contributed by atoms with van der Waals surface area (Å²) in [5, 5.41) is 0. The van der Waals surface area contributed by atoms with Crippen molar-refractivity contribution in [3.8, 4) is 22.3 Å². The van der Waals surface area contributed by atoms with Gasteiger partial charge in [-0.3, -0.25) is 9.69 Å². The van der Waals surface area contributed by atoms with Crippen LogP contribution in [-0.4, -0.2) is 73.4 Å². The number of hydrogen-bond donors (Lipinski definition) is 1. The number of benzene rings is 3. The van der Waals surface area contributed by atoms with Gasteiger partial charge in [-0.2, -0.15) is 0 Å². The van der Waals surface area contributed by atoms with Gasteiger partial charge in [-0.05, 0) is 59.0 Å². The summed E-state index contributed by atoms with van der Waals surface area (Å²) in [6, 6.07) is 24.7. The fourth-order valence-electron chi connectivity index (χ4n) is 6.63. The first-order chi connectivity index (χ1) is 22.9. The van der Waals surface area contributed by atoms with Crippen LogP contribution in [-0.2, 0) is 14.3 Å². The maximum absolute atomic E-state index is 15.2. The number of aromatic nitrogens is 1. The van der Waals surface area contributed by atoms with Crippen LogP contribution in [0.1, 0.15) is 29.9 Å². The Kier molecular flexibility index (Phi) is 8.19. The molecule has 4 aromatic rings. The number of hydrogen-bond acceptors (Lipinski definition) is 7. The van der Waals surface area contributed by atoms with Crippen LogP contribution in [0.3, 0.4) is 0 Å². The number of ether oxygens (including phenoxy) is 2. The SMILES string of the molecule is NC(=O)CCC1CN(c2ccc(-c3ccc(N4CCN(C(=O)OCC5c6ccccc6-c6ccccc65)CC4)nc3)c(F)c2)C(=O)O1. The van der Waals surface area contributed by atoms with Gasteiger partial charge in [0.25, 0.3) is 0 Å². The number of cyclic esters (lactones) is 1. The largest absolute Gasteiger partial charge is 0.448 e. The first-order valence-corrected chi connectivity index (χ1v) is 15.7. The number of pyridine rings is 1. The highest BCUT2D eigenvalue weighted by Gasteiger charge is 2.33. The quantitative estimate of drug-likeness (QED) is 0.270. The molecule has 1 aromatic heterocycles. The molecule has 3 amide bonds. The summed E-state index contributed by atoms with van der Waals surface area (Å²) in [4.78, 5) is 46.2. The Morgan fingerprint density at radius 1 is 0.915 bits per heavy atom. The Bertz CT molecular complexity index is 1780. The second kappa shape index (κ2) is 12.7. The third kappa shape index (κ3) is 6.08. The Morgan fingerprint density at radius 2 is 1.62 bits per heavy atom. The van der Waals surface area contributed by atoms with Crippen molar-refractivity contribution in [2.24, 2.45) is 5.73 Å². The van der Waals surface area contributed by atoms with E-state index in [0.29, 0.717) is 49.4 Å². The van der Waals surface area contributed by atoms with E-state index in [1.165, 1.54) is 33.2 Å². The summed E-state index contributed by atoms with van der Waals surface area (Å²) in [5.74, 6) is -0.216. The molecule has 7 rings (SSSR count). The second-order valence-electron chi connectivity index (χ2n) is 12.0. The molecule has 1 aliphatic carbocycles. The highest BCUT2D eigenvalue weighted by Crippen LogP contribution is 2.44. The van der Waals surface area contributed by atoms with Crippen molar-refractivity contribution >= 4 is 29.6 Å². The fraction of sp³-hybridized carbons (Fsp3) is 0.278. The molecule has 2 fully saturated rings. The van der Waals surface area contributed by atoms with E-state index in [1.807, 2.05) is 36.4 Å². The Labute approximate surface area is 271 Å². The van der Waals surface area contributed by atoms with Crippen LogP contribution in [0, 0.1) is 5.82 Å². The predicted octanol–water partition coefficient (Wildman–Crippen LogP) is 5.55. The van der Waals surface area contributed by atoms with Crippen molar-refractivity contribution < 1.29 is 28.2 Å². The van der Waals surface area contributed by atoms with E-state index < -0.39 is 23.9 Å². The average Bonchev–Trinajstić information content (AvgIpc) is 3.63. The molecule has 3 heterocycles. The molecule has 3 aromatic carbocycles. The average molecular weight is 636 g/mol. The summed E-state index contributed by atoms with van der Waals surface area (Å²) >= 11 is 0. The lowest BCUT2D eigenvalue weighted by molar-refractivity contribution is -0.118. The van der Waals surface area contributed by atoms with Crippen molar-refractivity contribution in [1.29, 1.82) is 0 Å². The van der Waals surface area contributed by atoms with Gasteiger partial charge in [0, 0.05) is 55.8 Å². The van der Waals surface area contributed by atoms with Crippen LogP contribution in [0.2, 0.25) is 0 Å². The Balaban J connectivity index is 0.931. The van der Waals surface area contributed by atoms with Gasteiger partial charge in [0.1, 0.15) is 24.3 Å². The lowest BCUT2D eigenvalue weighted by Gasteiger charge is -2.35. The minimum Gasteiger partial charge on any atom is -0.448 e. The normalized spacial score (nSPS) is 17.3. The van der Waals surface area contributed by atoms with Gasteiger partial charge < -0.3 is 25.0 Å². The molecular formula is C36H34FN5O5. The predicted molar refractivity (Wildman–Crippen MR) is 175 cm³/mol. The molecule has 2 saturated heterocycles. The van der Waals surface area contributed by atoms with E-state index in [2.05, 4.69) is 34.1 Å². The maximum Gasteiger partial charge on any atom is 0.414 e. The molecule has 2 aliphatic heterocycles. The van der Waals surface area contributed by atoms with E-state index >= 15 is 4.39 Å². The summed E-state index contributed by atoms with van der Waals surface area (Å²) in [5.41, 5.74) is 11.3. The second-order valence-corrected chi connectivity index (χ2v) is 12.0. The van der Waals surface area contributed by atoms with Crippen LogP contribution in [0.4, 0.5) is 25.5 Å². The standard InChI is InChI=1S/C36H34FN5O5/c37-32-19-24(42-21-25(47-36(42)45)11-13-33(38)43)10-12-26(32)23-9-14-34(39-20-23)40-15-17-41(18-16-40)35(44)46-22-31-29-7-3-1-5-27(29)28-6-2-4-8-30(28)31/h1-10,12,14,19-20,25,31H,11,13,15-18,21-22H2,(H2,38,43). The topological polar surface area (TPSA) is 118 Å². The molecule has 47 heavy (non-hydrogen) atoms. The number of amides is 3. The van der Waals surface area contributed by atoms with E-state index in [9.17, 15) is 14.4 Å². The van der Waals surface area contributed by atoms with Gasteiger partial charge in [0.2, 0.25) is 5.91 Å². The molecule has 2 N–H and O–H groups in total. The van der Waals surface area contributed by atoms with Crippen molar-refractivity contribution in [3.63, 3.8) is 0 Å². The molecule has 240 valence electrons. The van der Waals surface area contributed by atoms with Crippen LogP contribution in [0.15, 0.2) is 85.1 Å². The molecule has 10 nitrogen and oxygen atoms in total. The van der Waals surface area contributed by atoms with Crippen molar-refractivity contribution in [2.75, 3.05) is 49.1 Å². The summed E-state index contributed by atoms with van der Waals surface area (Å²) < 4.78 is 26.4. The zero-order chi connectivity index (χ0) is 32.5. The zero-order valence-corrected chi connectivity index (χ0v) is 25.7. The van der Waals surface area contributed by atoms with Crippen molar-refractivity contribution in [1.82, 2.24) is 9.88 Å². The molecule has 1 atom stereocenters. The van der Waals surface area contributed by atoms with Gasteiger partial charge in [0.05, 0.1) is 12.2 Å². The zero-order valence-electron chi connectivity index (χ0n) is 25.7. The van der Waals surface area contributed by atoms with E-state index in [1.54, 1.807) is 23.2 Å². The van der Waals surface area contributed by atoms with Gasteiger partial charge in [-0.25, -0.2) is 19.0 Å². The number of halogens is 1. The van der Waals surface area contributed by atoms with Gasteiger partial charge in [-0.15, -0.1) is 0 Å². The van der Waals surface area contributed by atoms with Gasteiger partial charge in [0.15, 0.2) is 0 Å². The Hall–Kier alpha value is -5.45. The highest BCUT2D eigenvalue weighted by molar-refractivity contribution is 5.90. The Morgan fingerprint density at radius 3 is 2.26 bits per heavy atom. The molecule has 0 spiro atoms.